The highest BCUT2D eigenvalue weighted by Gasteiger charge is 2.41. The first-order chi connectivity index (χ1) is 11.2. The topological polar surface area (TPSA) is 38.8 Å². The first kappa shape index (κ1) is 19.8. The molecule has 0 aromatic heterocycles. The molecule has 1 heterocycles. The number of esters is 1. The Bertz CT molecular complexity index is 421. The Morgan fingerprint density at radius 3 is 2.38 bits per heavy atom. The Balaban J connectivity index is 1.73. The number of ether oxygens (including phenoxy) is 2. The third-order valence-corrected chi connectivity index (χ3v) is 6.49. The molecule has 3 heteroatoms. The van der Waals surface area contributed by atoms with Gasteiger partial charge in [-0.25, -0.2) is 0 Å². The maximum Gasteiger partial charge on any atom is 0.311 e. The van der Waals surface area contributed by atoms with Crippen molar-refractivity contribution in [1.82, 2.24) is 0 Å². The molecule has 0 aromatic carbocycles. The van der Waals surface area contributed by atoms with E-state index < -0.39 is 0 Å². The van der Waals surface area contributed by atoms with Crippen LogP contribution in [0.25, 0.3) is 0 Å². The van der Waals surface area contributed by atoms with Gasteiger partial charge in [-0.3, -0.25) is 4.79 Å². The molecule has 0 aromatic rings. The Hall–Kier alpha value is -0.570. The Kier molecular flexibility index (Phi) is 6.39. The lowest BCUT2D eigenvalue weighted by Gasteiger charge is -2.39. The fourth-order valence-electron chi connectivity index (χ4n) is 4.11. The summed E-state index contributed by atoms with van der Waals surface area (Å²) in [6.45, 7) is 12.6. The van der Waals surface area contributed by atoms with Gasteiger partial charge in [-0.1, -0.05) is 20.8 Å². The van der Waals surface area contributed by atoms with Crippen molar-refractivity contribution in [3.63, 3.8) is 0 Å². The van der Waals surface area contributed by atoms with E-state index in [1.165, 1.54) is 32.1 Å². The van der Waals surface area contributed by atoms with Crippen molar-refractivity contribution in [2.45, 2.75) is 111 Å². The molecular weight excluding hydrogens is 300 g/mol. The van der Waals surface area contributed by atoms with Crippen molar-refractivity contribution in [2.24, 2.45) is 16.7 Å². The third-order valence-electron chi connectivity index (χ3n) is 6.49. The minimum atomic E-state index is -0.368. The number of rotatable bonds is 8. The molecule has 0 bridgehead atoms. The summed E-state index contributed by atoms with van der Waals surface area (Å²) in [6.07, 6.45) is 10.4. The number of carbonyl (C=O) groups is 1. The van der Waals surface area contributed by atoms with Gasteiger partial charge in [0.1, 0.15) is 0 Å². The van der Waals surface area contributed by atoms with Crippen molar-refractivity contribution < 1.29 is 14.3 Å². The van der Waals surface area contributed by atoms with Crippen LogP contribution in [0.3, 0.4) is 0 Å². The zero-order chi connectivity index (χ0) is 18.0. The molecule has 1 saturated carbocycles. The van der Waals surface area contributed by atoms with Gasteiger partial charge < -0.3 is 9.47 Å². The summed E-state index contributed by atoms with van der Waals surface area (Å²) >= 11 is 0. The van der Waals surface area contributed by atoms with Crippen LogP contribution in [-0.2, 0) is 14.3 Å². The molecule has 2 fully saturated rings. The van der Waals surface area contributed by atoms with E-state index in [2.05, 4.69) is 20.8 Å². The molecule has 1 aliphatic carbocycles. The molecule has 3 nitrogen and oxygen atoms in total. The second-order valence-electron chi connectivity index (χ2n) is 9.27. The van der Waals surface area contributed by atoms with Crippen LogP contribution >= 0.6 is 0 Å². The van der Waals surface area contributed by atoms with Gasteiger partial charge in [-0.05, 0) is 83.5 Å². The van der Waals surface area contributed by atoms with Gasteiger partial charge >= 0.3 is 5.97 Å². The minimum absolute atomic E-state index is 0.0149. The van der Waals surface area contributed by atoms with E-state index in [0.717, 1.165) is 25.2 Å². The predicted octanol–water partition coefficient (Wildman–Crippen LogP) is 5.51. The van der Waals surface area contributed by atoms with Crippen LogP contribution in [0.4, 0.5) is 0 Å². The quantitative estimate of drug-likeness (QED) is 0.433. The number of epoxide rings is 1. The largest absolute Gasteiger partial charge is 0.462 e. The third kappa shape index (κ3) is 5.21. The van der Waals surface area contributed by atoms with Crippen molar-refractivity contribution in [1.29, 1.82) is 0 Å². The van der Waals surface area contributed by atoms with E-state index in [1.807, 2.05) is 20.8 Å². The Morgan fingerprint density at radius 1 is 1.25 bits per heavy atom. The summed E-state index contributed by atoms with van der Waals surface area (Å²) in [4.78, 5) is 12.3. The standard InChI is InChI=1S/C21H38O3/c1-7-17-18(24-17)13-16-9-11-21(6,12-10-16)14-15(3)23-19(22)20(4,5)8-2/h15-18H,7-14H2,1-6H3. The lowest BCUT2D eigenvalue weighted by atomic mass is 9.68. The fraction of sp³-hybridized carbons (Fsp3) is 0.952. The highest BCUT2D eigenvalue weighted by atomic mass is 16.6. The summed E-state index contributed by atoms with van der Waals surface area (Å²) in [5, 5.41) is 0. The van der Waals surface area contributed by atoms with Crippen LogP contribution in [-0.4, -0.2) is 24.3 Å². The zero-order valence-electron chi connectivity index (χ0n) is 16.7. The summed E-state index contributed by atoms with van der Waals surface area (Å²) in [6, 6.07) is 0. The lowest BCUT2D eigenvalue weighted by Crippen LogP contribution is -2.33. The number of hydrogen-bond donors (Lipinski definition) is 0. The molecule has 0 radical (unpaired) electrons. The van der Waals surface area contributed by atoms with Gasteiger partial charge in [0.2, 0.25) is 0 Å². The van der Waals surface area contributed by atoms with Gasteiger partial charge in [-0.15, -0.1) is 0 Å². The molecule has 0 spiro atoms. The first-order valence-corrected chi connectivity index (χ1v) is 10.1. The van der Waals surface area contributed by atoms with Gasteiger partial charge in [0.25, 0.3) is 0 Å². The van der Waals surface area contributed by atoms with Crippen molar-refractivity contribution in [3.05, 3.63) is 0 Å². The summed E-state index contributed by atoms with van der Waals surface area (Å²) in [5.41, 5.74) is -0.0476. The fourth-order valence-corrected chi connectivity index (χ4v) is 4.11. The summed E-state index contributed by atoms with van der Waals surface area (Å²) in [7, 11) is 0. The first-order valence-electron chi connectivity index (χ1n) is 10.1. The van der Waals surface area contributed by atoms with E-state index in [9.17, 15) is 4.79 Å². The molecule has 3 atom stereocenters. The van der Waals surface area contributed by atoms with Gasteiger partial charge in [0.15, 0.2) is 0 Å². The van der Waals surface area contributed by atoms with Crippen LogP contribution in [0.2, 0.25) is 0 Å². The Labute approximate surface area is 148 Å². The van der Waals surface area contributed by atoms with Crippen LogP contribution in [0, 0.1) is 16.7 Å². The SMILES string of the molecule is CCC1OC1CC1CCC(C)(CC(C)OC(=O)C(C)(C)CC)CC1. The van der Waals surface area contributed by atoms with Gasteiger partial charge in [0, 0.05) is 0 Å². The molecule has 1 aliphatic heterocycles. The molecule has 1 saturated heterocycles. The monoisotopic (exact) mass is 338 g/mol. The van der Waals surface area contributed by atoms with Crippen LogP contribution in [0.15, 0.2) is 0 Å². The van der Waals surface area contributed by atoms with Crippen molar-refractivity contribution in [2.75, 3.05) is 0 Å². The molecule has 2 rings (SSSR count). The van der Waals surface area contributed by atoms with E-state index in [0.29, 0.717) is 17.6 Å². The van der Waals surface area contributed by atoms with Crippen LogP contribution < -0.4 is 0 Å². The number of carbonyl (C=O) groups excluding carboxylic acids is 1. The average Bonchev–Trinajstić information content (AvgIpc) is 3.27. The zero-order valence-corrected chi connectivity index (χ0v) is 16.7. The smallest absolute Gasteiger partial charge is 0.311 e. The highest BCUT2D eigenvalue weighted by molar-refractivity contribution is 5.75. The van der Waals surface area contributed by atoms with E-state index in [4.69, 9.17) is 9.47 Å². The molecule has 24 heavy (non-hydrogen) atoms. The minimum Gasteiger partial charge on any atom is -0.462 e. The van der Waals surface area contributed by atoms with Gasteiger partial charge in [0.05, 0.1) is 23.7 Å². The van der Waals surface area contributed by atoms with Crippen LogP contribution in [0.5, 0.6) is 0 Å². The lowest BCUT2D eigenvalue weighted by molar-refractivity contribution is -0.160. The van der Waals surface area contributed by atoms with E-state index >= 15 is 0 Å². The maximum atomic E-state index is 12.3. The summed E-state index contributed by atoms with van der Waals surface area (Å²) in [5.74, 6) is 0.780. The van der Waals surface area contributed by atoms with Crippen molar-refractivity contribution >= 4 is 5.97 Å². The predicted molar refractivity (Wildman–Crippen MR) is 97.9 cm³/mol. The van der Waals surface area contributed by atoms with E-state index in [1.54, 1.807) is 0 Å². The van der Waals surface area contributed by atoms with Gasteiger partial charge in [-0.2, -0.15) is 0 Å². The molecule has 140 valence electrons. The van der Waals surface area contributed by atoms with Crippen LogP contribution in [0.1, 0.15) is 92.9 Å². The molecule has 0 N–H and O–H groups in total. The average molecular weight is 339 g/mol. The molecule has 2 aliphatic rings. The molecule has 3 unspecified atom stereocenters. The number of hydrogen-bond acceptors (Lipinski definition) is 3. The second kappa shape index (κ2) is 7.76. The normalized spacial score (nSPS) is 34.7. The molecular formula is C21H38O3. The van der Waals surface area contributed by atoms with E-state index in [-0.39, 0.29) is 17.5 Å². The molecule has 0 amide bonds. The second-order valence-corrected chi connectivity index (χ2v) is 9.27. The Morgan fingerprint density at radius 2 is 1.88 bits per heavy atom. The van der Waals surface area contributed by atoms with Crippen molar-refractivity contribution in [3.8, 4) is 0 Å². The summed E-state index contributed by atoms with van der Waals surface area (Å²) < 4.78 is 11.5. The maximum absolute atomic E-state index is 12.3. The highest BCUT2D eigenvalue weighted by Crippen LogP contribution is 2.45.